The van der Waals surface area contributed by atoms with Gasteiger partial charge in [-0.25, -0.2) is 0 Å². The SMILES string of the molecule is CCC(CC)CN(CC)c1nnc(CNC(C)C)o1. The van der Waals surface area contributed by atoms with Gasteiger partial charge in [-0.05, 0) is 12.8 Å². The van der Waals surface area contributed by atoms with Crippen LogP contribution in [-0.4, -0.2) is 29.3 Å². The first kappa shape index (κ1) is 16.0. The van der Waals surface area contributed by atoms with Crippen LogP contribution in [0.2, 0.25) is 0 Å². The lowest BCUT2D eigenvalue weighted by Crippen LogP contribution is -2.29. The molecule has 0 fully saturated rings. The average molecular weight is 268 g/mol. The Bertz CT molecular complexity index is 347. The first-order chi connectivity index (χ1) is 9.10. The van der Waals surface area contributed by atoms with Crippen LogP contribution in [0.3, 0.4) is 0 Å². The van der Waals surface area contributed by atoms with Gasteiger partial charge in [0.05, 0.1) is 6.54 Å². The van der Waals surface area contributed by atoms with E-state index in [2.05, 4.69) is 55.0 Å². The van der Waals surface area contributed by atoms with Gasteiger partial charge in [0.25, 0.3) is 0 Å². The Morgan fingerprint density at radius 1 is 1.16 bits per heavy atom. The van der Waals surface area contributed by atoms with E-state index in [1.165, 1.54) is 12.8 Å². The normalized spacial score (nSPS) is 11.5. The summed E-state index contributed by atoms with van der Waals surface area (Å²) in [6.45, 7) is 13.3. The number of nitrogens with zero attached hydrogens (tertiary/aromatic N) is 3. The molecule has 1 aromatic rings. The highest BCUT2D eigenvalue weighted by molar-refractivity contribution is 5.23. The zero-order chi connectivity index (χ0) is 14.3. The summed E-state index contributed by atoms with van der Waals surface area (Å²) < 4.78 is 5.72. The van der Waals surface area contributed by atoms with E-state index in [1.807, 2.05) is 0 Å². The molecular formula is C14H28N4O. The van der Waals surface area contributed by atoms with Crippen LogP contribution in [-0.2, 0) is 6.54 Å². The highest BCUT2D eigenvalue weighted by atomic mass is 16.4. The van der Waals surface area contributed by atoms with Gasteiger partial charge in [0.1, 0.15) is 0 Å². The number of hydrogen-bond donors (Lipinski definition) is 1. The Labute approximate surface area is 116 Å². The van der Waals surface area contributed by atoms with Crippen molar-refractivity contribution in [2.45, 2.75) is 60.0 Å². The molecule has 0 aliphatic heterocycles. The van der Waals surface area contributed by atoms with Crippen molar-refractivity contribution in [1.29, 1.82) is 0 Å². The van der Waals surface area contributed by atoms with Crippen LogP contribution >= 0.6 is 0 Å². The van der Waals surface area contributed by atoms with Crippen molar-refractivity contribution in [3.8, 4) is 0 Å². The molecule has 0 unspecified atom stereocenters. The summed E-state index contributed by atoms with van der Waals surface area (Å²) in [7, 11) is 0. The maximum absolute atomic E-state index is 5.72. The summed E-state index contributed by atoms with van der Waals surface area (Å²) in [5, 5.41) is 11.5. The van der Waals surface area contributed by atoms with Crippen molar-refractivity contribution < 1.29 is 4.42 Å². The van der Waals surface area contributed by atoms with E-state index in [0.29, 0.717) is 30.4 Å². The zero-order valence-corrected chi connectivity index (χ0v) is 12.9. The number of nitrogens with one attached hydrogen (secondary N) is 1. The van der Waals surface area contributed by atoms with E-state index in [9.17, 15) is 0 Å². The fraction of sp³-hybridized carbons (Fsp3) is 0.857. The third-order valence-electron chi connectivity index (χ3n) is 3.40. The minimum absolute atomic E-state index is 0.419. The Morgan fingerprint density at radius 3 is 2.37 bits per heavy atom. The van der Waals surface area contributed by atoms with Crippen molar-refractivity contribution in [2.75, 3.05) is 18.0 Å². The lowest BCUT2D eigenvalue weighted by atomic mass is 10.0. The average Bonchev–Trinajstić information content (AvgIpc) is 2.86. The van der Waals surface area contributed by atoms with E-state index in [4.69, 9.17) is 4.42 Å². The molecule has 0 spiro atoms. The molecule has 0 aliphatic carbocycles. The van der Waals surface area contributed by atoms with E-state index in [0.717, 1.165) is 13.1 Å². The summed E-state index contributed by atoms with van der Waals surface area (Å²) in [6.07, 6.45) is 2.37. The van der Waals surface area contributed by atoms with Gasteiger partial charge >= 0.3 is 6.01 Å². The lowest BCUT2D eigenvalue weighted by Gasteiger charge is -2.23. The van der Waals surface area contributed by atoms with E-state index in [1.54, 1.807) is 0 Å². The van der Waals surface area contributed by atoms with Crippen molar-refractivity contribution in [2.24, 2.45) is 5.92 Å². The first-order valence-electron chi connectivity index (χ1n) is 7.41. The molecule has 110 valence electrons. The first-order valence-corrected chi connectivity index (χ1v) is 7.41. The summed E-state index contributed by atoms with van der Waals surface area (Å²) >= 11 is 0. The summed E-state index contributed by atoms with van der Waals surface area (Å²) in [6, 6.07) is 1.07. The van der Waals surface area contributed by atoms with Crippen molar-refractivity contribution >= 4 is 6.01 Å². The molecule has 5 nitrogen and oxygen atoms in total. The lowest BCUT2D eigenvalue weighted by molar-refractivity contribution is 0.426. The topological polar surface area (TPSA) is 54.2 Å². The zero-order valence-electron chi connectivity index (χ0n) is 12.9. The van der Waals surface area contributed by atoms with Gasteiger partial charge in [-0.15, -0.1) is 5.10 Å². The van der Waals surface area contributed by atoms with Crippen LogP contribution in [0.15, 0.2) is 4.42 Å². The molecule has 0 aliphatic rings. The predicted octanol–water partition coefficient (Wildman–Crippen LogP) is 2.83. The molecule has 0 atom stereocenters. The molecule has 0 radical (unpaired) electrons. The van der Waals surface area contributed by atoms with Crippen LogP contribution < -0.4 is 10.2 Å². The summed E-state index contributed by atoms with van der Waals surface area (Å²) in [5.41, 5.74) is 0. The van der Waals surface area contributed by atoms with Crippen molar-refractivity contribution in [3.05, 3.63) is 5.89 Å². The predicted molar refractivity (Wildman–Crippen MR) is 78.2 cm³/mol. The van der Waals surface area contributed by atoms with Gasteiger partial charge < -0.3 is 14.6 Å². The molecule has 0 saturated carbocycles. The van der Waals surface area contributed by atoms with Gasteiger partial charge in [0.2, 0.25) is 5.89 Å². The van der Waals surface area contributed by atoms with Gasteiger partial charge in [0, 0.05) is 19.1 Å². The molecule has 0 bridgehead atoms. The minimum Gasteiger partial charge on any atom is -0.407 e. The Kier molecular flexibility index (Phi) is 6.84. The second kappa shape index (κ2) is 8.15. The molecule has 1 N–H and O–H groups in total. The van der Waals surface area contributed by atoms with E-state index < -0.39 is 0 Å². The molecule has 0 aromatic carbocycles. The van der Waals surface area contributed by atoms with Gasteiger partial charge in [-0.1, -0.05) is 45.6 Å². The maximum Gasteiger partial charge on any atom is 0.318 e. The monoisotopic (exact) mass is 268 g/mol. The van der Waals surface area contributed by atoms with E-state index >= 15 is 0 Å². The maximum atomic E-state index is 5.72. The van der Waals surface area contributed by atoms with Crippen LogP contribution in [0.5, 0.6) is 0 Å². The smallest absolute Gasteiger partial charge is 0.318 e. The molecular weight excluding hydrogens is 240 g/mol. The second-order valence-corrected chi connectivity index (χ2v) is 5.24. The molecule has 0 saturated heterocycles. The molecule has 1 rings (SSSR count). The van der Waals surface area contributed by atoms with Crippen LogP contribution in [0.25, 0.3) is 0 Å². The van der Waals surface area contributed by atoms with Gasteiger partial charge in [-0.3, -0.25) is 0 Å². The number of hydrogen-bond acceptors (Lipinski definition) is 5. The molecule has 1 aromatic heterocycles. The summed E-state index contributed by atoms with van der Waals surface area (Å²) in [5.74, 6) is 1.34. The molecule has 1 heterocycles. The Balaban J connectivity index is 2.60. The number of anilines is 1. The second-order valence-electron chi connectivity index (χ2n) is 5.24. The Hall–Kier alpha value is -1.10. The highest BCUT2D eigenvalue weighted by Gasteiger charge is 2.16. The molecule has 19 heavy (non-hydrogen) atoms. The highest BCUT2D eigenvalue weighted by Crippen LogP contribution is 2.17. The number of aromatic nitrogens is 2. The van der Waals surface area contributed by atoms with Crippen LogP contribution in [0.4, 0.5) is 6.01 Å². The quantitative estimate of drug-likeness (QED) is 0.746. The third kappa shape index (κ3) is 5.19. The molecule has 0 amide bonds. The van der Waals surface area contributed by atoms with Crippen LogP contribution in [0, 0.1) is 5.92 Å². The Morgan fingerprint density at radius 2 is 1.84 bits per heavy atom. The van der Waals surface area contributed by atoms with Crippen molar-refractivity contribution in [3.63, 3.8) is 0 Å². The van der Waals surface area contributed by atoms with Gasteiger partial charge in [0.15, 0.2) is 0 Å². The van der Waals surface area contributed by atoms with Gasteiger partial charge in [-0.2, -0.15) is 0 Å². The minimum atomic E-state index is 0.419. The fourth-order valence-electron chi connectivity index (χ4n) is 1.94. The largest absolute Gasteiger partial charge is 0.407 e. The standard InChI is InChI=1S/C14H28N4O/c1-6-12(7-2)10-18(8-3)14-17-16-13(19-14)9-15-11(4)5/h11-12,15H,6-10H2,1-5H3. The number of rotatable bonds is 9. The van der Waals surface area contributed by atoms with Crippen LogP contribution in [0.1, 0.15) is 53.4 Å². The fourth-order valence-corrected chi connectivity index (χ4v) is 1.94. The third-order valence-corrected chi connectivity index (χ3v) is 3.40. The van der Waals surface area contributed by atoms with E-state index in [-0.39, 0.29) is 0 Å². The molecule has 5 heteroatoms. The van der Waals surface area contributed by atoms with Crippen molar-refractivity contribution in [1.82, 2.24) is 15.5 Å². The summed E-state index contributed by atoms with van der Waals surface area (Å²) in [4.78, 5) is 2.17.